The first-order valence-corrected chi connectivity index (χ1v) is 7.30. The molecule has 0 radical (unpaired) electrons. The summed E-state index contributed by atoms with van der Waals surface area (Å²) < 4.78 is 2.40. The Morgan fingerprint density at radius 2 is 1.89 bits per heavy atom. The van der Waals surface area contributed by atoms with Crippen LogP contribution in [0.25, 0.3) is 31.2 Å². The van der Waals surface area contributed by atoms with E-state index < -0.39 is 0 Å². The molecule has 0 saturated carbocycles. The highest BCUT2D eigenvalue weighted by molar-refractivity contribution is 7.25. The molecular weight excluding hydrogens is 274 g/mol. The molecule has 0 aliphatic heterocycles. The van der Waals surface area contributed by atoms with E-state index in [1.165, 1.54) is 20.3 Å². The van der Waals surface area contributed by atoms with Crippen molar-refractivity contribution in [2.75, 3.05) is 0 Å². The molecule has 19 heavy (non-hydrogen) atoms. The van der Waals surface area contributed by atoms with Gasteiger partial charge in [0.05, 0.1) is 20.8 Å². The number of rotatable bonds is 0. The van der Waals surface area contributed by atoms with Gasteiger partial charge >= 0.3 is 0 Å². The lowest BCUT2D eigenvalue weighted by molar-refractivity contribution is 1.47. The third-order valence-corrected chi connectivity index (χ3v) is 4.88. The highest BCUT2D eigenvalue weighted by Crippen LogP contribution is 2.38. The first-order chi connectivity index (χ1) is 9.24. The Balaban J connectivity index is 2.28. The van der Waals surface area contributed by atoms with E-state index in [-0.39, 0.29) is 0 Å². The zero-order valence-corrected chi connectivity index (χ0v) is 11.8. The van der Waals surface area contributed by atoms with E-state index in [0.717, 1.165) is 21.4 Å². The second-order valence-electron chi connectivity index (χ2n) is 4.69. The minimum Gasteiger partial charge on any atom is -0.246 e. The molecule has 0 spiro atoms. The summed E-state index contributed by atoms with van der Waals surface area (Å²) in [5.74, 6) is 0. The zero-order valence-electron chi connectivity index (χ0n) is 10.3. The Hall–Kier alpha value is -1.64. The maximum atomic E-state index is 6.33. The molecular formula is C16H10ClNS. The van der Waals surface area contributed by atoms with Gasteiger partial charge in [-0.2, -0.15) is 0 Å². The summed E-state index contributed by atoms with van der Waals surface area (Å²) in [6.45, 7) is 2.12. The smallest absolute Gasteiger partial charge is 0.0911 e. The van der Waals surface area contributed by atoms with Crippen molar-refractivity contribution < 1.29 is 0 Å². The van der Waals surface area contributed by atoms with Crippen LogP contribution in [0.3, 0.4) is 0 Å². The van der Waals surface area contributed by atoms with Crippen molar-refractivity contribution in [3.8, 4) is 0 Å². The van der Waals surface area contributed by atoms with Crippen molar-refractivity contribution in [3.05, 3.63) is 53.1 Å². The van der Waals surface area contributed by atoms with Gasteiger partial charge in [-0.05, 0) is 36.8 Å². The molecule has 0 fully saturated rings. The number of fused-ring (bicyclic) bond motifs is 4. The molecule has 2 heterocycles. The monoisotopic (exact) mass is 283 g/mol. The summed E-state index contributed by atoms with van der Waals surface area (Å²) in [6, 6.07) is 14.5. The van der Waals surface area contributed by atoms with Gasteiger partial charge in [0.2, 0.25) is 0 Å². The fourth-order valence-electron chi connectivity index (χ4n) is 2.52. The van der Waals surface area contributed by atoms with E-state index in [1.54, 1.807) is 11.3 Å². The lowest BCUT2D eigenvalue weighted by Gasteiger charge is -2.01. The molecule has 0 aliphatic rings. The maximum absolute atomic E-state index is 6.33. The van der Waals surface area contributed by atoms with Crippen LogP contribution in [-0.2, 0) is 0 Å². The Labute approximate surface area is 119 Å². The van der Waals surface area contributed by atoms with E-state index in [9.17, 15) is 0 Å². The van der Waals surface area contributed by atoms with Gasteiger partial charge in [0.25, 0.3) is 0 Å². The molecule has 1 nitrogen and oxygen atoms in total. The summed E-state index contributed by atoms with van der Waals surface area (Å²) in [5, 5.41) is 3.08. The van der Waals surface area contributed by atoms with Crippen LogP contribution < -0.4 is 0 Å². The Morgan fingerprint density at radius 3 is 2.79 bits per heavy atom. The van der Waals surface area contributed by atoms with Crippen LogP contribution in [0.1, 0.15) is 5.56 Å². The van der Waals surface area contributed by atoms with Gasteiger partial charge in [-0.25, -0.2) is 4.98 Å². The minimum absolute atomic E-state index is 0.781. The van der Waals surface area contributed by atoms with Crippen molar-refractivity contribution >= 4 is 54.1 Å². The van der Waals surface area contributed by atoms with Gasteiger partial charge in [-0.1, -0.05) is 29.8 Å². The second kappa shape index (κ2) is 3.92. The molecule has 4 aromatic rings. The molecule has 2 aromatic heterocycles. The van der Waals surface area contributed by atoms with E-state index >= 15 is 0 Å². The summed E-state index contributed by atoms with van der Waals surface area (Å²) in [5.41, 5.74) is 3.31. The number of hydrogen-bond donors (Lipinski definition) is 0. The van der Waals surface area contributed by atoms with E-state index in [0.29, 0.717) is 0 Å². The summed E-state index contributed by atoms with van der Waals surface area (Å²) in [4.78, 5) is 4.81. The lowest BCUT2D eigenvalue weighted by Crippen LogP contribution is -1.82. The number of thiophene rings is 1. The molecule has 0 amide bonds. The molecule has 0 atom stereocenters. The number of nitrogens with zero attached hydrogens (tertiary/aromatic N) is 1. The molecule has 0 unspecified atom stereocenters. The van der Waals surface area contributed by atoms with Crippen molar-refractivity contribution in [2.45, 2.75) is 6.92 Å². The van der Waals surface area contributed by atoms with Crippen LogP contribution in [0.4, 0.5) is 0 Å². The molecule has 4 rings (SSSR count). The predicted molar refractivity (Wildman–Crippen MR) is 84.4 cm³/mol. The zero-order chi connectivity index (χ0) is 13.0. The second-order valence-corrected chi connectivity index (χ2v) is 6.18. The molecule has 0 aliphatic carbocycles. The van der Waals surface area contributed by atoms with Gasteiger partial charge in [-0.3, -0.25) is 0 Å². The number of benzene rings is 2. The minimum atomic E-state index is 0.781. The summed E-state index contributed by atoms with van der Waals surface area (Å²) in [7, 11) is 0. The molecule has 92 valence electrons. The molecule has 0 saturated heterocycles. The van der Waals surface area contributed by atoms with Gasteiger partial charge < -0.3 is 0 Å². The molecule has 0 bridgehead atoms. The van der Waals surface area contributed by atoms with Crippen molar-refractivity contribution in [2.24, 2.45) is 0 Å². The highest BCUT2D eigenvalue weighted by atomic mass is 35.5. The number of aryl methyl sites for hydroxylation is 1. The van der Waals surface area contributed by atoms with E-state index in [4.69, 9.17) is 16.6 Å². The average Bonchev–Trinajstić information content (AvgIpc) is 2.76. The Morgan fingerprint density at radius 1 is 1.05 bits per heavy atom. The quantitative estimate of drug-likeness (QED) is 0.411. The van der Waals surface area contributed by atoms with Crippen LogP contribution in [0.2, 0.25) is 5.02 Å². The van der Waals surface area contributed by atoms with Crippen LogP contribution in [0.15, 0.2) is 42.5 Å². The Bertz CT molecular complexity index is 940. The first-order valence-electron chi connectivity index (χ1n) is 6.11. The number of halogens is 1. The number of aromatic nitrogens is 1. The van der Waals surface area contributed by atoms with E-state index in [1.807, 2.05) is 18.2 Å². The first kappa shape index (κ1) is 11.2. The fraction of sp³-hybridized carbons (Fsp3) is 0.0625. The van der Waals surface area contributed by atoms with Gasteiger partial charge in [-0.15, -0.1) is 11.3 Å². The number of hydrogen-bond acceptors (Lipinski definition) is 2. The van der Waals surface area contributed by atoms with Crippen LogP contribution in [-0.4, -0.2) is 4.98 Å². The average molecular weight is 284 g/mol. The predicted octanol–water partition coefficient (Wildman–Crippen LogP) is 5.56. The largest absolute Gasteiger partial charge is 0.246 e. The highest BCUT2D eigenvalue weighted by Gasteiger charge is 2.11. The van der Waals surface area contributed by atoms with E-state index in [2.05, 4.69) is 31.2 Å². The van der Waals surface area contributed by atoms with Crippen molar-refractivity contribution in [1.82, 2.24) is 4.98 Å². The van der Waals surface area contributed by atoms with Crippen molar-refractivity contribution in [3.63, 3.8) is 0 Å². The topological polar surface area (TPSA) is 12.9 Å². The van der Waals surface area contributed by atoms with Crippen LogP contribution in [0.5, 0.6) is 0 Å². The van der Waals surface area contributed by atoms with Crippen molar-refractivity contribution in [1.29, 1.82) is 0 Å². The van der Waals surface area contributed by atoms with Crippen LogP contribution in [0, 0.1) is 6.92 Å². The third kappa shape index (κ3) is 1.57. The third-order valence-electron chi connectivity index (χ3n) is 3.47. The SMILES string of the molecule is Cc1cccc2nc3c(cc12)sc1cccc(Cl)c13. The standard InChI is InChI=1S/C16H10ClNS/c1-9-4-2-6-12-10(9)8-14-16(18-12)15-11(17)5-3-7-13(15)19-14/h2-8H,1H3. The van der Waals surface area contributed by atoms with Gasteiger partial charge in [0, 0.05) is 15.5 Å². The van der Waals surface area contributed by atoms with Gasteiger partial charge in [0.1, 0.15) is 0 Å². The van der Waals surface area contributed by atoms with Gasteiger partial charge in [0.15, 0.2) is 0 Å². The maximum Gasteiger partial charge on any atom is 0.0911 e. The molecule has 0 N–H and O–H groups in total. The fourth-order valence-corrected chi connectivity index (χ4v) is 3.95. The lowest BCUT2D eigenvalue weighted by atomic mass is 10.1. The summed E-state index contributed by atoms with van der Waals surface area (Å²) in [6.07, 6.45) is 0. The molecule has 2 aromatic carbocycles. The Kier molecular flexibility index (Phi) is 2.32. The normalized spacial score (nSPS) is 11.7. The number of pyridine rings is 1. The van der Waals surface area contributed by atoms with Crippen LogP contribution >= 0.6 is 22.9 Å². The molecule has 3 heteroatoms. The summed E-state index contributed by atoms with van der Waals surface area (Å²) >= 11 is 8.08.